The van der Waals surface area contributed by atoms with Gasteiger partial charge >= 0.3 is 5.97 Å². The van der Waals surface area contributed by atoms with Gasteiger partial charge in [-0.1, -0.05) is 6.42 Å². The molecule has 0 aromatic heterocycles. The molecule has 21 heavy (non-hydrogen) atoms. The Morgan fingerprint density at radius 3 is 2.71 bits per heavy atom. The number of amides is 2. The highest BCUT2D eigenvalue weighted by molar-refractivity contribution is 5.84. The largest absolute Gasteiger partial charge is 0.467 e. The van der Waals surface area contributed by atoms with Gasteiger partial charge in [0.25, 0.3) is 0 Å². The fourth-order valence-corrected chi connectivity index (χ4v) is 2.22. The van der Waals surface area contributed by atoms with E-state index in [0.717, 1.165) is 19.3 Å². The Balaban J connectivity index is 2.29. The summed E-state index contributed by atoms with van der Waals surface area (Å²) >= 11 is 0. The summed E-state index contributed by atoms with van der Waals surface area (Å²) in [5, 5.41) is 2.71. The van der Waals surface area contributed by atoms with Crippen molar-refractivity contribution in [3.8, 4) is 0 Å². The molecule has 1 heterocycles. The maximum Gasteiger partial charge on any atom is 0.331 e. The lowest BCUT2D eigenvalue weighted by Gasteiger charge is -2.33. The molecule has 1 N–H and O–H groups in total. The Hall–Kier alpha value is -1.63. The van der Waals surface area contributed by atoms with Crippen LogP contribution in [0.4, 0.5) is 0 Å². The van der Waals surface area contributed by atoms with Crippen molar-refractivity contribution in [3.05, 3.63) is 0 Å². The van der Waals surface area contributed by atoms with Gasteiger partial charge in [0.15, 0.2) is 6.04 Å². The number of carbonyl (C=O) groups is 3. The maximum atomic E-state index is 12.2. The second-order valence-electron chi connectivity index (χ2n) is 4.99. The number of morpholine rings is 1. The zero-order valence-corrected chi connectivity index (χ0v) is 12.7. The van der Waals surface area contributed by atoms with Crippen LogP contribution in [0.3, 0.4) is 0 Å². The summed E-state index contributed by atoms with van der Waals surface area (Å²) in [5.74, 6) is -0.526. The number of unbranched alkanes of at least 4 members (excludes halogenated alkanes) is 2. The van der Waals surface area contributed by atoms with Gasteiger partial charge in [-0.3, -0.25) is 9.59 Å². The van der Waals surface area contributed by atoms with Crippen LogP contribution < -0.4 is 5.32 Å². The molecule has 0 saturated carbocycles. The molecule has 1 aliphatic heterocycles. The van der Waals surface area contributed by atoms with E-state index in [-0.39, 0.29) is 18.4 Å². The van der Waals surface area contributed by atoms with E-state index in [4.69, 9.17) is 9.47 Å². The molecular weight excluding hydrogens is 276 g/mol. The Morgan fingerprint density at radius 1 is 1.29 bits per heavy atom. The molecule has 7 heteroatoms. The Bertz CT molecular complexity index is 372. The van der Waals surface area contributed by atoms with E-state index in [2.05, 4.69) is 5.32 Å². The van der Waals surface area contributed by atoms with Gasteiger partial charge in [-0.25, -0.2) is 4.79 Å². The third kappa shape index (κ3) is 6.12. The third-order valence-corrected chi connectivity index (χ3v) is 3.36. The zero-order valence-electron chi connectivity index (χ0n) is 12.7. The van der Waals surface area contributed by atoms with Crippen LogP contribution in [0.1, 0.15) is 32.6 Å². The Kier molecular flexibility index (Phi) is 7.74. The average Bonchev–Trinajstić information content (AvgIpc) is 2.49. The van der Waals surface area contributed by atoms with Crippen LogP contribution in [-0.4, -0.2) is 62.1 Å². The number of esters is 1. The summed E-state index contributed by atoms with van der Waals surface area (Å²) < 4.78 is 9.93. The molecule has 0 bridgehead atoms. The lowest BCUT2D eigenvalue weighted by molar-refractivity contribution is -0.160. The van der Waals surface area contributed by atoms with Gasteiger partial charge in [-0.2, -0.15) is 0 Å². The number of methoxy groups -OCH3 is 1. The van der Waals surface area contributed by atoms with E-state index in [1.807, 2.05) is 0 Å². The molecule has 1 aliphatic rings. The summed E-state index contributed by atoms with van der Waals surface area (Å²) in [6.07, 6.45) is 2.84. The van der Waals surface area contributed by atoms with E-state index in [9.17, 15) is 14.4 Å². The molecule has 7 nitrogen and oxygen atoms in total. The van der Waals surface area contributed by atoms with Crippen molar-refractivity contribution in [2.45, 2.75) is 38.6 Å². The first-order valence-electron chi connectivity index (χ1n) is 7.25. The number of nitrogens with zero attached hydrogens (tertiary/aromatic N) is 1. The lowest BCUT2D eigenvalue weighted by Crippen LogP contribution is -2.52. The highest BCUT2D eigenvalue weighted by Gasteiger charge is 2.33. The first-order valence-corrected chi connectivity index (χ1v) is 7.25. The molecule has 1 rings (SSSR count). The molecule has 0 aromatic rings. The van der Waals surface area contributed by atoms with Crippen molar-refractivity contribution in [2.24, 2.45) is 0 Å². The predicted octanol–water partition coefficient (Wildman–Crippen LogP) is 0.0833. The van der Waals surface area contributed by atoms with Crippen LogP contribution in [0, 0.1) is 0 Å². The molecule has 1 saturated heterocycles. The van der Waals surface area contributed by atoms with E-state index >= 15 is 0 Å². The van der Waals surface area contributed by atoms with Crippen molar-refractivity contribution < 1.29 is 23.9 Å². The third-order valence-electron chi connectivity index (χ3n) is 3.36. The van der Waals surface area contributed by atoms with E-state index < -0.39 is 12.0 Å². The highest BCUT2D eigenvalue weighted by atomic mass is 16.5. The second-order valence-corrected chi connectivity index (χ2v) is 4.99. The highest BCUT2D eigenvalue weighted by Crippen LogP contribution is 2.12. The van der Waals surface area contributed by atoms with Crippen LogP contribution in [0.25, 0.3) is 0 Å². The summed E-state index contributed by atoms with van der Waals surface area (Å²) in [4.78, 5) is 36.0. The van der Waals surface area contributed by atoms with Gasteiger partial charge in [0.2, 0.25) is 11.8 Å². The Labute approximate surface area is 124 Å². The molecule has 2 amide bonds. The van der Waals surface area contributed by atoms with E-state index in [0.29, 0.717) is 26.1 Å². The lowest BCUT2D eigenvalue weighted by atomic mass is 10.1. The molecule has 0 spiro atoms. The van der Waals surface area contributed by atoms with Gasteiger partial charge < -0.3 is 19.7 Å². The van der Waals surface area contributed by atoms with Crippen molar-refractivity contribution in [2.75, 3.05) is 33.4 Å². The number of nitrogens with one attached hydrogen (secondary N) is 1. The monoisotopic (exact) mass is 300 g/mol. The number of hydrogen-bond acceptors (Lipinski definition) is 5. The summed E-state index contributed by atoms with van der Waals surface area (Å²) in [6.45, 7) is 3.17. The normalized spacial score (nSPS) is 18.2. The number of hydrogen-bond donors (Lipinski definition) is 1. The summed E-state index contributed by atoms with van der Waals surface area (Å²) in [6, 6.07) is -0.629. The van der Waals surface area contributed by atoms with Gasteiger partial charge in [0, 0.05) is 26.4 Å². The summed E-state index contributed by atoms with van der Waals surface area (Å²) in [5.41, 5.74) is 0. The zero-order chi connectivity index (χ0) is 15.7. The van der Waals surface area contributed by atoms with Gasteiger partial charge in [-0.15, -0.1) is 0 Å². The number of ether oxygens (including phenoxy) is 2. The van der Waals surface area contributed by atoms with Crippen molar-refractivity contribution in [1.82, 2.24) is 10.2 Å². The number of rotatable bonds is 7. The molecular formula is C14H24N2O5. The average molecular weight is 300 g/mol. The molecule has 0 aromatic carbocycles. The molecule has 1 unspecified atom stereocenters. The fraction of sp³-hybridized carbons (Fsp3) is 0.786. The Morgan fingerprint density at radius 2 is 2.05 bits per heavy atom. The smallest absolute Gasteiger partial charge is 0.331 e. The van der Waals surface area contributed by atoms with Gasteiger partial charge in [-0.05, 0) is 12.8 Å². The molecule has 0 aliphatic carbocycles. The van der Waals surface area contributed by atoms with Crippen molar-refractivity contribution >= 4 is 17.8 Å². The predicted molar refractivity (Wildman–Crippen MR) is 75.5 cm³/mol. The topological polar surface area (TPSA) is 84.9 Å². The van der Waals surface area contributed by atoms with E-state index in [1.165, 1.54) is 14.0 Å². The minimum Gasteiger partial charge on any atom is -0.467 e. The van der Waals surface area contributed by atoms with Crippen LogP contribution >= 0.6 is 0 Å². The van der Waals surface area contributed by atoms with Crippen molar-refractivity contribution in [3.63, 3.8) is 0 Å². The molecule has 120 valence electrons. The maximum absolute atomic E-state index is 12.2. The second kappa shape index (κ2) is 9.33. The fourth-order valence-electron chi connectivity index (χ4n) is 2.22. The summed E-state index contributed by atoms with van der Waals surface area (Å²) in [7, 11) is 1.31. The van der Waals surface area contributed by atoms with Crippen LogP contribution in [0.2, 0.25) is 0 Å². The van der Waals surface area contributed by atoms with Crippen LogP contribution in [0.5, 0.6) is 0 Å². The minimum atomic E-state index is -0.629. The first-order chi connectivity index (χ1) is 10.1. The van der Waals surface area contributed by atoms with Crippen molar-refractivity contribution in [1.29, 1.82) is 0 Å². The molecule has 1 atom stereocenters. The quantitative estimate of drug-likeness (QED) is 0.532. The minimum absolute atomic E-state index is 0.0414. The van der Waals surface area contributed by atoms with E-state index in [1.54, 1.807) is 4.90 Å². The first kappa shape index (κ1) is 17.4. The molecule has 0 radical (unpaired) electrons. The molecule has 1 fully saturated rings. The van der Waals surface area contributed by atoms with Crippen LogP contribution in [-0.2, 0) is 23.9 Å². The van der Waals surface area contributed by atoms with Gasteiger partial charge in [0.05, 0.1) is 20.3 Å². The standard InChI is InChI=1S/C14H24N2O5/c1-11(17)15-7-5-3-4-6-13(18)16-8-9-21-10-12(16)14(19)20-2/h12H,3-10H2,1-2H3,(H,15,17). The SMILES string of the molecule is COC(=O)C1COCCN1C(=O)CCCCCNC(C)=O. The van der Waals surface area contributed by atoms with Crippen LogP contribution in [0.15, 0.2) is 0 Å². The van der Waals surface area contributed by atoms with Gasteiger partial charge in [0.1, 0.15) is 0 Å². The number of carbonyl (C=O) groups excluding carboxylic acids is 3.